The summed E-state index contributed by atoms with van der Waals surface area (Å²) in [5.41, 5.74) is 0. The van der Waals surface area contributed by atoms with E-state index in [0.29, 0.717) is 0 Å². The Morgan fingerprint density at radius 2 is 0.179 bits per heavy atom. The van der Waals surface area contributed by atoms with E-state index in [9.17, 15) is 0 Å². The molecule has 0 unspecified atom stereocenters. The first-order valence-corrected chi connectivity index (χ1v) is 14.0. The summed E-state index contributed by atoms with van der Waals surface area (Å²) in [6.45, 7) is 4.00. The highest BCUT2D eigenvalue weighted by atomic mass is 14.0. The molecule has 4 aliphatic carbocycles. The second kappa shape index (κ2) is 27.0. The number of rotatable bonds is 0. The summed E-state index contributed by atoms with van der Waals surface area (Å²) in [6.07, 6.45) is 39.0. The molecule has 0 nitrogen and oxygen atoms in total. The molecule has 0 aromatic rings. The third-order valence-corrected chi connectivity index (χ3v) is 6.50. The average molecular weight is 395 g/mol. The molecule has 0 amide bonds. The van der Waals surface area contributed by atoms with E-state index in [1.807, 2.05) is 13.8 Å². The van der Waals surface area contributed by atoms with Crippen molar-refractivity contribution in [3.63, 3.8) is 0 Å². The van der Waals surface area contributed by atoms with Gasteiger partial charge in [0.25, 0.3) is 0 Å². The fraction of sp³-hybridized carbons (Fsp3) is 1.00. The van der Waals surface area contributed by atoms with Crippen LogP contribution < -0.4 is 0 Å². The van der Waals surface area contributed by atoms with Gasteiger partial charge in [0.1, 0.15) is 0 Å². The Morgan fingerprint density at radius 1 is 0.143 bits per heavy atom. The van der Waals surface area contributed by atoms with Crippen LogP contribution in [0.15, 0.2) is 0 Å². The lowest BCUT2D eigenvalue weighted by molar-refractivity contribution is 0.504. The first kappa shape index (κ1) is 28.0. The second-order valence-electron chi connectivity index (χ2n) is 9.19. The summed E-state index contributed by atoms with van der Waals surface area (Å²) in [7, 11) is 0. The molecule has 0 bridgehead atoms. The number of hydrogen-bond acceptors (Lipinski definition) is 0. The third-order valence-electron chi connectivity index (χ3n) is 6.50. The Morgan fingerprint density at radius 3 is 0.214 bits per heavy atom. The van der Waals surface area contributed by atoms with Gasteiger partial charge in [-0.15, -0.1) is 0 Å². The molecule has 0 saturated heterocycles. The SMILES string of the molecule is C1CCCC1.C1CCCCC1.C1CCCCCC1.C1CCCCCCC1.CC. The third kappa shape index (κ3) is 24.0. The molecule has 0 aromatic carbocycles. The van der Waals surface area contributed by atoms with E-state index in [2.05, 4.69) is 0 Å². The predicted molar refractivity (Wildman–Crippen MR) is 131 cm³/mol. The van der Waals surface area contributed by atoms with Crippen LogP contribution in [0.3, 0.4) is 0 Å². The Labute approximate surface area is 181 Å². The van der Waals surface area contributed by atoms with Gasteiger partial charge in [0.2, 0.25) is 0 Å². The molecule has 28 heavy (non-hydrogen) atoms. The zero-order valence-electron chi connectivity index (χ0n) is 20.4. The lowest BCUT2D eigenvalue weighted by Gasteiger charge is -2.05. The monoisotopic (exact) mass is 394 g/mol. The zero-order chi connectivity index (χ0) is 20.4. The van der Waals surface area contributed by atoms with Crippen molar-refractivity contribution in [3.8, 4) is 0 Å². The van der Waals surface area contributed by atoms with E-state index in [1.165, 1.54) is 167 Å². The molecule has 0 atom stereocenters. The van der Waals surface area contributed by atoms with Crippen LogP contribution in [0.5, 0.6) is 0 Å². The van der Waals surface area contributed by atoms with Gasteiger partial charge in [0.15, 0.2) is 0 Å². The molecule has 4 saturated carbocycles. The Bertz CT molecular complexity index is 174. The average Bonchev–Trinajstić information content (AvgIpc) is 3.19. The molecule has 0 heterocycles. The molecule has 0 aliphatic heterocycles. The van der Waals surface area contributed by atoms with Gasteiger partial charge in [-0.05, 0) is 0 Å². The summed E-state index contributed by atoms with van der Waals surface area (Å²) in [5, 5.41) is 0. The van der Waals surface area contributed by atoms with Crippen molar-refractivity contribution >= 4 is 0 Å². The van der Waals surface area contributed by atoms with Crippen molar-refractivity contribution in [2.75, 3.05) is 0 Å². The van der Waals surface area contributed by atoms with Crippen molar-refractivity contribution in [2.45, 2.75) is 181 Å². The summed E-state index contributed by atoms with van der Waals surface area (Å²) in [4.78, 5) is 0. The molecule has 4 fully saturated rings. The Hall–Kier alpha value is 0. The molecular formula is C28H58. The van der Waals surface area contributed by atoms with E-state index >= 15 is 0 Å². The van der Waals surface area contributed by atoms with E-state index in [4.69, 9.17) is 0 Å². The Kier molecular flexibility index (Phi) is 27.0. The first-order valence-electron chi connectivity index (χ1n) is 14.0. The highest BCUT2D eigenvalue weighted by Gasteiger charge is 1.97. The van der Waals surface area contributed by atoms with Crippen LogP contribution in [0.2, 0.25) is 0 Å². The molecule has 0 N–H and O–H groups in total. The van der Waals surface area contributed by atoms with Crippen LogP contribution in [0.4, 0.5) is 0 Å². The number of hydrogen-bond donors (Lipinski definition) is 0. The molecule has 170 valence electrons. The molecule has 0 spiro atoms. The van der Waals surface area contributed by atoms with Crippen LogP contribution >= 0.6 is 0 Å². The van der Waals surface area contributed by atoms with Crippen molar-refractivity contribution in [1.29, 1.82) is 0 Å². The summed E-state index contributed by atoms with van der Waals surface area (Å²) >= 11 is 0. The molecule has 4 aliphatic rings. The highest BCUT2D eigenvalue weighted by molar-refractivity contribution is 4.53. The zero-order valence-corrected chi connectivity index (χ0v) is 20.4. The lowest BCUT2D eigenvalue weighted by Crippen LogP contribution is -1.85. The molecule has 0 aromatic heterocycles. The van der Waals surface area contributed by atoms with E-state index < -0.39 is 0 Å². The van der Waals surface area contributed by atoms with Gasteiger partial charge in [0.05, 0.1) is 0 Å². The van der Waals surface area contributed by atoms with Gasteiger partial charge >= 0.3 is 0 Å². The van der Waals surface area contributed by atoms with Crippen molar-refractivity contribution < 1.29 is 0 Å². The van der Waals surface area contributed by atoms with Gasteiger partial charge in [-0.25, -0.2) is 0 Å². The molecule has 0 heteroatoms. The molecule has 4 rings (SSSR count). The fourth-order valence-corrected chi connectivity index (χ4v) is 4.60. The second-order valence-corrected chi connectivity index (χ2v) is 9.19. The lowest BCUT2D eigenvalue weighted by atomic mass is 10.0. The maximum absolute atomic E-state index is 2.00. The van der Waals surface area contributed by atoms with Crippen LogP contribution in [0.1, 0.15) is 181 Å². The maximum atomic E-state index is 2.00. The summed E-state index contributed by atoms with van der Waals surface area (Å²) < 4.78 is 0. The van der Waals surface area contributed by atoms with Crippen molar-refractivity contribution in [1.82, 2.24) is 0 Å². The minimum Gasteiger partial charge on any atom is -0.0683 e. The smallest absolute Gasteiger partial charge is 0.0533 e. The topological polar surface area (TPSA) is 0 Å². The largest absolute Gasteiger partial charge is 0.0683 e. The van der Waals surface area contributed by atoms with Crippen LogP contribution in [0.25, 0.3) is 0 Å². The quantitative estimate of drug-likeness (QED) is 0.358. The minimum absolute atomic E-state index is 1.50. The Balaban J connectivity index is 0.000000341. The van der Waals surface area contributed by atoms with Gasteiger partial charge < -0.3 is 0 Å². The minimum atomic E-state index is 1.50. The van der Waals surface area contributed by atoms with E-state index in [0.717, 1.165) is 0 Å². The standard InChI is InChI=1S/C8H16.C7H14.C6H12.C5H10.C2H6/c1-2-4-6-8-7-5-3-1;1-2-4-6-7-5-3-1;1-2-4-6-5-3-1;1-2-4-5-3-1;1-2/h1-8H2;1-7H2;1-6H2;1-5H2;1-2H3. The first-order chi connectivity index (χ1) is 14.0. The van der Waals surface area contributed by atoms with E-state index in [-0.39, 0.29) is 0 Å². The normalized spacial score (nSPS) is 22.5. The maximum Gasteiger partial charge on any atom is -0.0533 e. The highest BCUT2D eigenvalue weighted by Crippen LogP contribution is 2.17. The van der Waals surface area contributed by atoms with Crippen molar-refractivity contribution in [3.05, 3.63) is 0 Å². The summed E-state index contributed by atoms with van der Waals surface area (Å²) in [5.74, 6) is 0. The predicted octanol–water partition coefficient (Wildman–Crippen LogP) is 11.2. The summed E-state index contributed by atoms with van der Waals surface area (Å²) in [6, 6.07) is 0. The van der Waals surface area contributed by atoms with Gasteiger partial charge in [-0.1, -0.05) is 181 Å². The van der Waals surface area contributed by atoms with Gasteiger partial charge in [-0.3, -0.25) is 0 Å². The van der Waals surface area contributed by atoms with E-state index in [1.54, 1.807) is 0 Å². The van der Waals surface area contributed by atoms with Crippen molar-refractivity contribution in [2.24, 2.45) is 0 Å². The fourth-order valence-electron chi connectivity index (χ4n) is 4.60. The van der Waals surface area contributed by atoms with Crippen LogP contribution in [-0.2, 0) is 0 Å². The molecular weight excluding hydrogens is 336 g/mol. The molecule has 0 radical (unpaired) electrons. The van der Waals surface area contributed by atoms with Crippen LogP contribution in [0, 0.1) is 0 Å². The van der Waals surface area contributed by atoms with Crippen LogP contribution in [-0.4, -0.2) is 0 Å². The van der Waals surface area contributed by atoms with Gasteiger partial charge in [0, 0.05) is 0 Å². The van der Waals surface area contributed by atoms with Gasteiger partial charge in [-0.2, -0.15) is 0 Å².